The third-order valence-corrected chi connectivity index (χ3v) is 5.61. The first-order valence-corrected chi connectivity index (χ1v) is 10.2. The normalized spacial score (nSPS) is 17.5. The highest BCUT2D eigenvalue weighted by molar-refractivity contribution is 5.94. The molecule has 31 heavy (non-hydrogen) atoms. The van der Waals surface area contributed by atoms with E-state index in [1.165, 1.54) is 17.0 Å². The maximum absolute atomic E-state index is 13.9. The zero-order valence-electron chi connectivity index (χ0n) is 17.3. The van der Waals surface area contributed by atoms with Gasteiger partial charge in [-0.25, -0.2) is 8.78 Å². The molecule has 1 atom stereocenters. The summed E-state index contributed by atoms with van der Waals surface area (Å²) >= 11 is 0. The van der Waals surface area contributed by atoms with Crippen LogP contribution in [-0.4, -0.2) is 48.9 Å². The van der Waals surface area contributed by atoms with Gasteiger partial charge in [0, 0.05) is 32.7 Å². The molecule has 1 aliphatic heterocycles. The van der Waals surface area contributed by atoms with Gasteiger partial charge in [0.05, 0.1) is 11.1 Å². The van der Waals surface area contributed by atoms with Gasteiger partial charge < -0.3 is 9.80 Å². The molecule has 0 radical (unpaired) electrons. The van der Waals surface area contributed by atoms with E-state index in [1.54, 1.807) is 13.1 Å². The van der Waals surface area contributed by atoms with Crippen LogP contribution >= 0.6 is 0 Å². The van der Waals surface area contributed by atoms with Crippen LogP contribution in [0.1, 0.15) is 34.3 Å². The average Bonchev–Trinajstić information content (AvgIpc) is 2.72. The molecule has 2 aromatic carbocycles. The Labute approximate surface area is 178 Å². The average molecular weight is 440 g/mol. The lowest BCUT2D eigenvalue weighted by molar-refractivity contribution is -0.137. The van der Waals surface area contributed by atoms with Crippen LogP contribution in [0, 0.1) is 17.6 Å². The highest BCUT2D eigenvalue weighted by Gasteiger charge is 2.30. The number of carbonyl (C=O) groups is 1. The van der Waals surface area contributed by atoms with Gasteiger partial charge >= 0.3 is 6.18 Å². The molecule has 3 nitrogen and oxygen atoms in total. The second-order valence-corrected chi connectivity index (χ2v) is 8.07. The summed E-state index contributed by atoms with van der Waals surface area (Å²) in [5.74, 6) is -1.95. The van der Waals surface area contributed by atoms with Crippen molar-refractivity contribution in [2.75, 3.05) is 33.2 Å². The Morgan fingerprint density at radius 2 is 1.94 bits per heavy atom. The fourth-order valence-electron chi connectivity index (χ4n) is 4.03. The van der Waals surface area contributed by atoms with E-state index in [4.69, 9.17) is 0 Å². The second kappa shape index (κ2) is 9.77. The molecule has 0 N–H and O–H groups in total. The van der Waals surface area contributed by atoms with Crippen LogP contribution in [0.2, 0.25) is 0 Å². The first-order chi connectivity index (χ1) is 14.6. The molecule has 8 heteroatoms. The van der Waals surface area contributed by atoms with Crippen molar-refractivity contribution in [3.63, 3.8) is 0 Å². The van der Waals surface area contributed by atoms with E-state index in [2.05, 4.69) is 4.90 Å². The maximum Gasteiger partial charge on any atom is 0.416 e. The van der Waals surface area contributed by atoms with Gasteiger partial charge in [0.1, 0.15) is 11.6 Å². The van der Waals surface area contributed by atoms with E-state index in [9.17, 15) is 26.7 Å². The first kappa shape index (κ1) is 23.2. The monoisotopic (exact) mass is 440 g/mol. The number of rotatable bonds is 6. The summed E-state index contributed by atoms with van der Waals surface area (Å²) in [6.07, 6.45) is -2.02. The standard InChI is InChI=1S/C23H25F5N2O/c1-29(22(31)20-8-7-19(24)13-21(20)25)14-17-5-3-10-30(15-17)11-9-16-4-2-6-18(12-16)23(26,27)28/h2,4,6-8,12-13,17H,3,5,9-11,14-15H2,1H3/t17-/m0/s1. The molecule has 0 unspecified atom stereocenters. The number of alkyl halides is 3. The number of benzene rings is 2. The van der Waals surface area contributed by atoms with Gasteiger partial charge in [0.25, 0.3) is 5.91 Å². The minimum Gasteiger partial charge on any atom is -0.341 e. The van der Waals surface area contributed by atoms with Gasteiger partial charge in [-0.05, 0) is 55.5 Å². The highest BCUT2D eigenvalue weighted by Crippen LogP contribution is 2.29. The number of carbonyl (C=O) groups excluding carboxylic acids is 1. The second-order valence-electron chi connectivity index (χ2n) is 8.07. The Hall–Kier alpha value is -2.48. The largest absolute Gasteiger partial charge is 0.416 e. The Kier molecular flexibility index (Phi) is 7.30. The van der Waals surface area contributed by atoms with Gasteiger partial charge in [-0.15, -0.1) is 0 Å². The molecule has 0 aromatic heterocycles. The van der Waals surface area contributed by atoms with Gasteiger partial charge in [0.15, 0.2) is 0 Å². The minimum atomic E-state index is -4.35. The topological polar surface area (TPSA) is 23.6 Å². The number of amides is 1. The van der Waals surface area contributed by atoms with E-state index in [0.29, 0.717) is 37.7 Å². The molecule has 0 saturated carbocycles. The zero-order valence-corrected chi connectivity index (χ0v) is 17.3. The Morgan fingerprint density at radius 3 is 2.65 bits per heavy atom. The summed E-state index contributed by atoms with van der Waals surface area (Å²) in [6.45, 7) is 2.61. The molecular weight excluding hydrogens is 415 g/mol. The van der Waals surface area contributed by atoms with Crippen LogP contribution in [0.25, 0.3) is 0 Å². The lowest BCUT2D eigenvalue weighted by atomic mass is 9.96. The van der Waals surface area contributed by atoms with Crippen molar-refractivity contribution >= 4 is 5.91 Å². The lowest BCUT2D eigenvalue weighted by Crippen LogP contribution is -2.42. The summed E-state index contributed by atoms with van der Waals surface area (Å²) in [5, 5.41) is 0. The predicted octanol–water partition coefficient (Wildman–Crippen LogP) is 5.01. The van der Waals surface area contributed by atoms with E-state index < -0.39 is 29.3 Å². The first-order valence-electron chi connectivity index (χ1n) is 10.2. The molecule has 2 aromatic rings. The predicted molar refractivity (Wildman–Crippen MR) is 108 cm³/mol. The molecule has 0 aliphatic carbocycles. The third-order valence-electron chi connectivity index (χ3n) is 5.61. The molecule has 0 spiro atoms. The molecule has 1 heterocycles. The fourth-order valence-corrected chi connectivity index (χ4v) is 4.03. The van der Waals surface area contributed by atoms with Crippen LogP contribution < -0.4 is 0 Å². The molecular formula is C23H25F5N2O. The fraction of sp³-hybridized carbons (Fsp3) is 0.435. The van der Waals surface area contributed by atoms with Crippen molar-refractivity contribution in [2.45, 2.75) is 25.4 Å². The number of likely N-dealkylation sites (tertiary alicyclic amines) is 1. The maximum atomic E-state index is 13.9. The van der Waals surface area contributed by atoms with Crippen molar-refractivity contribution in [1.82, 2.24) is 9.80 Å². The molecule has 1 amide bonds. The summed E-state index contributed by atoms with van der Waals surface area (Å²) in [5.41, 5.74) is -0.174. The molecule has 1 saturated heterocycles. The van der Waals surface area contributed by atoms with Gasteiger partial charge in [-0.2, -0.15) is 13.2 Å². The summed E-state index contributed by atoms with van der Waals surface area (Å²) in [4.78, 5) is 16.1. The molecule has 168 valence electrons. The minimum absolute atomic E-state index is 0.166. The number of hydrogen-bond donors (Lipinski definition) is 0. The van der Waals surface area contributed by atoms with Crippen molar-refractivity contribution in [3.05, 3.63) is 70.8 Å². The van der Waals surface area contributed by atoms with Crippen LogP contribution in [0.3, 0.4) is 0 Å². The Bertz CT molecular complexity index is 915. The van der Waals surface area contributed by atoms with Crippen molar-refractivity contribution in [2.24, 2.45) is 5.92 Å². The zero-order chi connectivity index (χ0) is 22.6. The summed E-state index contributed by atoms with van der Waals surface area (Å²) in [7, 11) is 1.59. The molecule has 1 aliphatic rings. The van der Waals surface area contributed by atoms with E-state index in [0.717, 1.165) is 37.6 Å². The highest BCUT2D eigenvalue weighted by atomic mass is 19.4. The smallest absolute Gasteiger partial charge is 0.341 e. The molecule has 1 fully saturated rings. The molecule has 3 rings (SSSR count). The summed E-state index contributed by atoms with van der Waals surface area (Å²) in [6, 6.07) is 8.26. The number of halogens is 5. The van der Waals surface area contributed by atoms with Gasteiger partial charge in [-0.1, -0.05) is 18.2 Å². The van der Waals surface area contributed by atoms with Crippen LogP contribution in [-0.2, 0) is 12.6 Å². The number of nitrogens with zero attached hydrogens (tertiary/aromatic N) is 2. The third kappa shape index (κ3) is 6.26. The van der Waals surface area contributed by atoms with Crippen molar-refractivity contribution in [3.8, 4) is 0 Å². The number of hydrogen-bond acceptors (Lipinski definition) is 2. The lowest BCUT2D eigenvalue weighted by Gasteiger charge is -2.34. The van der Waals surface area contributed by atoms with Crippen molar-refractivity contribution in [1.29, 1.82) is 0 Å². The van der Waals surface area contributed by atoms with E-state index in [-0.39, 0.29) is 11.5 Å². The van der Waals surface area contributed by atoms with E-state index in [1.807, 2.05) is 0 Å². The van der Waals surface area contributed by atoms with Crippen LogP contribution in [0.5, 0.6) is 0 Å². The number of piperidine rings is 1. The Morgan fingerprint density at radius 1 is 1.16 bits per heavy atom. The van der Waals surface area contributed by atoms with Crippen molar-refractivity contribution < 1.29 is 26.7 Å². The van der Waals surface area contributed by atoms with E-state index >= 15 is 0 Å². The quantitative estimate of drug-likeness (QED) is 0.590. The van der Waals surface area contributed by atoms with Crippen LogP contribution in [0.4, 0.5) is 22.0 Å². The van der Waals surface area contributed by atoms with Crippen LogP contribution in [0.15, 0.2) is 42.5 Å². The van der Waals surface area contributed by atoms with Gasteiger partial charge in [0.2, 0.25) is 0 Å². The SMILES string of the molecule is CN(C[C@@H]1CCCN(CCc2cccc(C(F)(F)F)c2)C1)C(=O)c1ccc(F)cc1F. The summed E-state index contributed by atoms with van der Waals surface area (Å²) < 4.78 is 65.6. The van der Waals surface area contributed by atoms with Gasteiger partial charge in [-0.3, -0.25) is 4.79 Å². The molecule has 0 bridgehead atoms. The Balaban J connectivity index is 1.54.